The van der Waals surface area contributed by atoms with Crippen LogP contribution < -0.4 is 5.32 Å². The number of aryl methyl sites for hydroxylation is 1. The molecule has 1 saturated heterocycles. The fourth-order valence-corrected chi connectivity index (χ4v) is 4.48. The molecule has 0 spiro atoms. The second-order valence-corrected chi connectivity index (χ2v) is 8.63. The average molecular weight is 466 g/mol. The van der Waals surface area contributed by atoms with E-state index in [1.807, 2.05) is 4.90 Å². The van der Waals surface area contributed by atoms with E-state index in [0.717, 1.165) is 12.8 Å². The van der Waals surface area contributed by atoms with E-state index in [1.165, 1.54) is 35.4 Å². The number of likely N-dealkylation sites (tertiary alicyclic amines) is 1. The Kier molecular flexibility index (Phi) is 5.72. The van der Waals surface area contributed by atoms with Gasteiger partial charge in [0.15, 0.2) is 5.58 Å². The molecule has 0 saturated carbocycles. The van der Waals surface area contributed by atoms with E-state index in [0.29, 0.717) is 41.0 Å². The number of oxazole rings is 1. The number of hydrogen-bond donors (Lipinski definition) is 1. The monoisotopic (exact) mass is 466 g/mol. The summed E-state index contributed by atoms with van der Waals surface area (Å²) < 4.78 is 33.5. The number of rotatable bonds is 5. The Labute approximate surface area is 194 Å². The normalized spacial score (nSPS) is 18.4. The smallest absolute Gasteiger partial charge is 0.295 e. The minimum atomic E-state index is -0.429. The molecule has 1 aliphatic heterocycles. The van der Waals surface area contributed by atoms with Gasteiger partial charge in [0.05, 0.1) is 24.0 Å². The van der Waals surface area contributed by atoms with Gasteiger partial charge in [-0.25, -0.2) is 8.78 Å². The molecule has 1 aliphatic rings. The highest BCUT2D eigenvalue weighted by Crippen LogP contribution is 2.28. The summed E-state index contributed by atoms with van der Waals surface area (Å²) in [7, 11) is 0. The Morgan fingerprint density at radius 3 is 2.79 bits per heavy atom. The van der Waals surface area contributed by atoms with E-state index in [-0.39, 0.29) is 23.9 Å². The van der Waals surface area contributed by atoms with Gasteiger partial charge in [0.2, 0.25) is 0 Å². The molecule has 2 aromatic heterocycles. The third-order valence-electron chi connectivity index (χ3n) is 6.33. The second kappa shape index (κ2) is 8.85. The number of nitrogens with one attached hydrogen (secondary N) is 1. The maximum Gasteiger partial charge on any atom is 0.295 e. The number of benzene rings is 2. The lowest BCUT2D eigenvalue weighted by Gasteiger charge is -2.40. The zero-order valence-corrected chi connectivity index (χ0v) is 18.8. The summed E-state index contributed by atoms with van der Waals surface area (Å²) in [5.41, 5.74) is 1.91. The molecule has 3 heterocycles. The van der Waals surface area contributed by atoms with Gasteiger partial charge in [-0.3, -0.25) is 4.79 Å². The van der Waals surface area contributed by atoms with Crippen molar-refractivity contribution in [3.63, 3.8) is 0 Å². The first-order valence-corrected chi connectivity index (χ1v) is 11.2. The van der Waals surface area contributed by atoms with Gasteiger partial charge in [-0.15, -0.1) is 0 Å². The Balaban J connectivity index is 1.42. The minimum Gasteiger partial charge on any atom is -0.423 e. The van der Waals surface area contributed by atoms with Gasteiger partial charge in [-0.2, -0.15) is 20.0 Å². The molecule has 2 atom stereocenters. The predicted molar refractivity (Wildman–Crippen MR) is 122 cm³/mol. The molecule has 10 heteroatoms. The molecular weight excluding hydrogens is 442 g/mol. The molecule has 0 aliphatic carbocycles. The lowest BCUT2D eigenvalue weighted by Crippen LogP contribution is -2.51. The number of anilines is 1. The molecule has 8 nitrogen and oxygen atoms in total. The van der Waals surface area contributed by atoms with E-state index in [2.05, 4.69) is 27.4 Å². The van der Waals surface area contributed by atoms with Crippen molar-refractivity contribution >= 4 is 23.0 Å². The predicted octanol–water partition coefficient (Wildman–Crippen LogP) is 4.35. The lowest BCUT2D eigenvalue weighted by molar-refractivity contribution is 0.0538. The van der Waals surface area contributed by atoms with Crippen LogP contribution in [0.15, 0.2) is 47.1 Å². The van der Waals surface area contributed by atoms with Crippen LogP contribution in [0.1, 0.15) is 35.7 Å². The van der Waals surface area contributed by atoms with Crippen LogP contribution in [0.25, 0.3) is 16.8 Å². The van der Waals surface area contributed by atoms with Crippen molar-refractivity contribution in [2.75, 3.05) is 18.4 Å². The third kappa shape index (κ3) is 4.11. The molecule has 1 N–H and O–H groups in total. The van der Waals surface area contributed by atoms with Crippen molar-refractivity contribution in [3.8, 4) is 5.69 Å². The van der Waals surface area contributed by atoms with Gasteiger partial charge in [0.1, 0.15) is 22.8 Å². The second-order valence-electron chi connectivity index (χ2n) is 8.63. The van der Waals surface area contributed by atoms with Gasteiger partial charge in [0.25, 0.3) is 11.9 Å². The Hall–Kier alpha value is -3.82. The quantitative estimate of drug-likeness (QED) is 0.471. The first kappa shape index (κ1) is 22.0. The fraction of sp³-hybridized carbons (Fsp3) is 0.333. The van der Waals surface area contributed by atoms with Crippen LogP contribution in [-0.4, -0.2) is 49.9 Å². The number of carbonyl (C=O) groups excluding carboxylic acids is 1. The third-order valence-corrected chi connectivity index (χ3v) is 6.33. The standard InChI is InChI=1S/C24H24F2N6O2/c1-14-4-3-9-31(21(14)13-27-24-30-19-6-5-16(25)11-22(19)34-24)23(33)17-10-15(2)18(26)12-20(17)32-28-7-8-29-32/h5-8,10-12,14,21H,3-4,9,13H2,1-2H3,(H,27,30). The molecule has 34 heavy (non-hydrogen) atoms. The Morgan fingerprint density at radius 2 is 2.00 bits per heavy atom. The van der Waals surface area contributed by atoms with Gasteiger partial charge >= 0.3 is 0 Å². The molecule has 4 aromatic rings. The highest BCUT2D eigenvalue weighted by Gasteiger charge is 2.34. The zero-order valence-electron chi connectivity index (χ0n) is 18.8. The van der Waals surface area contributed by atoms with Crippen LogP contribution in [0.3, 0.4) is 0 Å². The van der Waals surface area contributed by atoms with E-state index < -0.39 is 11.6 Å². The van der Waals surface area contributed by atoms with Crippen molar-refractivity contribution in [1.29, 1.82) is 0 Å². The largest absolute Gasteiger partial charge is 0.423 e. The highest BCUT2D eigenvalue weighted by atomic mass is 19.1. The van der Waals surface area contributed by atoms with Crippen LogP contribution in [-0.2, 0) is 0 Å². The lowest BCUT2D eigenvalue weighted by atomic mass is 9.90. The molecule has 1 fully saturated rings. The van der Waals surface area contributed by atoms with Crippen LogP contribution in [0.4, 0.5) is 14.8 Å². The molecule has 2 unspecified atom stereocenters. The summed E-state index contributed by atoms with van der Waals surface area (Å²) in [5, 5.41) is 11.4. The number of aromatic nitrogens is 4. The molecular formula is C24H24F2N6O2. The number of carbonyl (C=O) groups is 1. The Morgan fingerprint density at radius 1 is 1.21 bits per heavy atom. The number of amides is 1. The zero-order chi connectivity index (χ0) is 23.8. The van der Waals surface area contributed by atoms with Crippen molar-refractivity contribution < 1.29 is 18.0 Å². The van der Waals surface area contributed by atoms with Crippen molar-refractivity contribution in [2.24, 2.45) is 5.92 Å². The van der Waals surface area contributed by atoms with Crippen LogP contribution >= 0.6 is 0 Å². The molecule has 1 amide bonds. The highest BCUT2D eigenvalue weighted by molar-refractivity contribution is 5.98. The summed E-state index contributed by atoms with van der Waals surface area (Å²) in [6.45, 7) is 4.69. The summed E-state index contributed by atoms with van der Waals surface area (Å²) in [4.78, 5) is 21.2. The first-order valence-electron chi connectivity index (χ1n) is 11.2. The maximum absolute atomic E-state index is 14.4. The SMILES string of the molecule is Cc1cc(C(=O)N2CCCC(C)C2CNc2nc3ccc(F)cc3o2)c(-n2nccn2)cc1F. The topological polar surface area (TPSA) is 89.1 Å². The summed E-state index contributed by atoms with van der Waals surface area (Å²) in [5.74, 6) is -0.834. The van der Waals surface area contributed by atoms with E-state index in [1.54, 1.807) is 19.1 Å². The van der Waals surface area contributed by atoms with Crippen molar-refractivity contribution in [3.05, 3.63) is 65.5 Å². The Bertz CT molecular complexity index is 1340. The van der Waals surface area contributed by atoms with E-state index in [9.17, 15) is 13.6 Å². The van der Waals surface area contributed by atoms with Crippen LogP contribution in [0.5, 0.6) is 0 Å². The molecule has 2 aromatic carbocycles. The van der Waals surface area contributed by atoms with Gasteiger partial charge in [-0.1, -0.05) is 6.92 Å². The number of piperidine rings is 1. The minimum absolute atomic E-state index is 0.156. The molecule has 5 rings (SSSR count). The molecule has 176 valence electrons. The van der Waals surface area contributed by atoms with Crippen molar-refractivity contribution in [1.82, 2.24) is 24.9 Å². The first-order chi connectivity index (χ1) is 16.4. The van der Waals surface area contributed by atoms with Crippen molar-refractivity contribution in [2.45, 2.75) is 32.7 Å². The van der Waals surface area contributed by atoms with Crippen LogP contribution in [0.2, 0.25) is 0 Å². The van der Waals surface area contributed by atoms with E-state index >= 15 is 0 Å². The van der Waals surface area contributed by atoms with Gasteiger partial charge in [-0.05, 0) is 49.4 Å². The fourth-order valence-electron chi connectivity index (χ4n) is 4.48. The molecule has 0 bridgehead atoms. The summed E-state index contributed by atoms with van der Waals surface area (Å²) in [6.07, 6.45) is 4.79. The maximum atomic E-state index is 14.4. The number of fused-ring (bicyclic) bond motifs is 1. The summed E-state index contributed by atoms with van der Waals surface area (Å²) >= 11 is 0. The van der Waals surface area contributed by atoms with Gasteiger partial charge in [0, 0.05) is 25.2 Å². The average Bonchev–Trinajstić information content (AvgIpc) is 3.49. The van der Waals surface area contributed by atoms with E-state index in [4.69, 9.17) is 4.42 Å². The number of halogens is 2. The molecule has 0 radical (unpaired) electrons. The van der Waals surface area contributed by atoms with Gasteiger partial charge < -0.3 is 14.6 Å². The van der Waals surface area contributed by atoms with Crippen LogP contribution in [0, 0.1) is 24.5 Å². The number of hydrogen-bond acceptors (Lipinski definition) is 6. The summed E-state index contributed by atoms with van der Waals surface area (Å²) in [6, 6.07) is 7.13. The number of nitrogens with zero attached hydrogens (tertiary/aromatic N) is 5.